The van der Waals surface area contributed by atoms with Crippen molar-refractivity contribution in [3.05, 3.63) is 94.5 Å². The van der Waals surface area contributed by atoms with E-state index in [1.807, 2.05) is 44.2 Å². The van der Waals surface area contributed by atoms with Gasteiger partial charge in [0.1, 0.15) is 17.3 Å². The van der Waals surface area contributed by atoms with Gasteiger partial charge < -0.3 is 14.6 Å². The molecule has 4 rings (SSSR count). The molecule has 1 heterocycles. The maximum atomic E-state index is 13.4. The van der Waals surface area contributed by atoms with Crippen LogP contribution in [-0.2, 0) is 9.59 Å². The van der Waals surface area contributed by atoms with Crippen molar-refractivity contribution in [3.8, 4) is 11.5 Å². The number of aliphatic hydroxyl groups is 1. The number of amides is 1. The van der Waals surface area contributed by atoms with Crippen molar-refractivity contribution >= 4 is 34.7 Å². The Morgan fingerprint density at radius 3 is 2.40 bits per heavy atom. The maximum Gasteiger partial charge on any atom is 0.300 e. The Hall–Kier alpha value is -3.77. The van der Waals surface area contributed by atoms with E-state index < -0.39 is 17.7 Å². The van der Waals surface area contributed by atoms with Crippen molar-refractivity contribution < 1.29 is 24.2 Å². The molecule has 180 valence electrons. The van der Waals surface area contributed by atoms with Crippen molar-refractivity contribution in [1.29, 1.82) is 0 Å². The van der Waals surface area contributed by atoms with Crippen LogP contribution in [0.5, 0.6) is 11.5 Å². The van der Waals surface area contributed by atoms with Crippen LogP contribution in [0.15, 0.2) is 78.4 Å². The number of carbonyl (C=O) groups is 2. The molecule has 3 aromatic rings. The van der Waals surface area contributed by atoms with Gasteiger partial charge in [-0.25, -0.2) is 0 Å². The molecular formula is C28H26ClNO5. The average Bonchev–Trinajstić information content (AvgIpc) is 3.14. The van der Waals surface area contributed by atoms with E-state index in [2.05, 4.69) is 0 Å². The van der Waals surface area contributed by atoms with Crippen LogP contribution in [0.3, 0.4) is 0 Å². The fourth-order valence-corrected chi connectivity index (χ4v) is 4.29. The van der Waals surface area contributed by atoms with Crippen LogP contribution >= 0.6 is 11.6 Å². The van der Waals surface area contributed by atoms with E-state index in [4.69, 9.17) is 21.1 Å². The first-order valence-electron chi connectivity index (χ1n) is 11.5. The van der Waals surface area contributed by atoms with Gasteiger partial charge in [0, 0.05) is 17.3 Å². The Morgan fingerprint density at radius 2 is 1.69 bits per heavy atom. The molecule has 35 heavy (non-hydrogen) atoms. The highest BCUT2D eigenvalue weighted by atomic mass is 35.5. The molecule has 0 saturated carbocycles. The van der Waals surface area contributed by atoms with Crippen molar-refractivity contribution in [2.45, 2.75) is 26.3 Å². The number of benzene rings is 3. The third-order valence-electron chi connectivity index (χ3n) is 5.63. The highest BCUT2D eigenvalue weighted by Gasteiger charge is 2.47. The first-order valence-corrected chi connectivity index (χ1v) is 11.9. The largest absolute Gasteiger partial charge is 0.507 e. The lowest BCUT2D eigenvalue weighted by atomic mass is 9.95. The van der Waals surface area contributed by atoms with Gasteiger partial charge in [0.2, 0.25) is 0 Å². The van der Waals surface area contributed by atoms with Gasteiger partial charge in [0.15, 0.2) is 0 Å². The summed E-state index contributed by atoms with van der Waals surface area (Å²) in [7, 11) is 0. The Bertz CT molecular complexity index is 1270. The fourth-order valence-electron chi connectivity index (χ4n) is 4.08. The second-order valence-corrected chi connectivity index (χ2v) is 8.41. The van der Waals surface area contributed by atoms with Crippen molar-refractivity contribution in [2.24, 2.45) is 0 Å². The third-order valence-corrected chi connectivity index (χ3v) is 5.96. The minimum absolute atomic E-state index is 0.0448. The fraction of sp³-hybridized carbons (Fsp3) is 0.214. The van der Waals surface area contributed by atoms with E-state index in [9.17, 15) is 14.7 Å². The lowest BCUT2D eigenvalue weighted by Gasteiger charge is -2.26. The summed E-state index contributed by atoms with van der Waals surface area (Å²) >= 11 is 6.39. The highest BCUT2D eigenvalue weighted by molar-refractivity contribution is 6.52. The number of Topliss-reactive ketones (excluding diaryl/α,β-unsaturated/α-hetero) is 1. The molecule has 1 atom stereocenters. The van der Waals surface area contributed by atoms with Crippen LogP contribution in [0, 0.1) is 0 Å². The molecule has 0 aromatic heterocycles. The molecule has 1 aliphatic heterocycles. The van der Waals surface area contributed by atoms with Crippen molar-refractivity contribution in [3.63, 3.8) is 0 Å². The molecule has 0 spiro atoms. The zero-order valence-corrected chi connectivity index (χ0v) is 20.3. The first-order chi connectivity index (χ1) is 17.0. The Balaban J connectivity index is 1.89. The van der Waals surface area contributed by atoms with E-state index in [0.29, 0.717) is 36.0 Å². The molecule has 0 aliphatic carbocycles. The number of halogens is 1. The Morgan fingerprint density at radius 1 is 0.943 bits per heavy atom. The van der Waals surface area contributed by atoms with Gasteiger partial charge in [0.25, 0.3) is 11.7 Å². The molecule has 1 N–H and O–H groups in total. The van der Waals surface area contributed by atoms with Crippen LogP contribution in [0.1, 0.15) is 37.4 Å². The second kappa shape index (κ2) is 10.7. The quantitative estimate of drug-likeness (QED) is 0.232. The van der Waals surface area contributed by atoms with Gasteiger partial charge in [-0.05, 0) is 49.2 Å². The molecule has 0 bridgehead atoms. The summed E-state index contributed by atoms with van der Waals surface area (Å²) in [4.78, 5) is 28.1. The van der Waals surface area contributed by atoms with E-state index in [1.54, 1.807) is 42.5 Å². The molecule has 7 heteroatoms. The number of hydrogen-bond donors (Lipinski definition) is 1. The Kier molecular flexibility index (Phi) is 7.42. The van der Waals surface area contributed by atoms with Gasteiger partial charge >= 0.3 is 0 Å². The molecule has 3 aromatic carbocycles. The van der Waals surface area contributed by atoms with Crippen LogP contribution < -0.4 is 14.4 Å². The summed E-state index contributed by atoms with van der Waals surface area (Å²) in [6.45, 7) is 4.79. The zero-order chi connectivity index (χ0) is 24.9. The van der Waals surface area contributed by atoms with Crippen molar-refractivity contribution in [1.82, 2.24) is 0 Å². The number of anilines is 1. The van der Waals surface area contributed by atoms with Crippen LogP contribution in [0.25, 0.3) is 5.76 Å². The highest BCUT2D eigenvalue weighted by Crippen LogP contribution is 2.43. The smallest absolute Gasteiger partial charge is 0.300 e. The third kappa shape index (κ3) is 4.88. The minimum atomic E-state index is -0.857. The summed E-state index contributed by atoms with van der Waals surface area (Å²) in [6.07, 6.45) is 0.834. The van der Waals surface area contributed by atoms with Crippen LogP contribution in [0.2, 0.25) is 5.02 Å². The SMILES string of the molecule is CCCOc1cccc(N2C(=O)C(=O)/C(=C(/O)c3cc(OCC)ccc3Cl)C2c2ccccc2)c1. The minimum Gasteiger partial charge on any atom is -0.507 e. The van der Waals surface area contributed by atoms with Gasteiger partial charge in [-0.3, -0.25) is 14.5 Å². The summed E-state index contributed by atoms with van der Waals surface area (Å²) in [5, 5.41) is 11.6. The van der Waals surface area contributed by atoms with E-state index in [1.165, 1.54) is 4.90 Å². The summed E-state index contributed by atoms with van der Waals surface area (Å²) < 4.78 is 11.3. The lowest BCUT2D eigenvalue weighted by molar-refractivity contribution is -0.132. The summed E-state index contributed by atoms with van der Waals surface area (Å²) in [5.74, 6) is -0.820. The Labute approximate surface area is 209 Å². The van der Waals surface area contributed by atoms with Crippen LogP contribution in [-0.4, -0.2) is 30.0 Å². The molecule has 1 saturated heterocycles. The number of ketones is 1. The number of rotatable bonds is 8. The molecule has 6 nitrogen and oxygen atoms in total. The number of ether oxygens (including phenoxy) is 2. The average molecular weight is 492 g/mol. The normalized spacial score (nSPS) is 17.0. The topological polar surface area (TPSA) is 76.1 Å². The monoisotopic (exact) mass is 491 g/mol. The van der Waals surface area contributed by atoms with E-state index in [-0.39, 0.29) is 21.9 Å². The molecule has 1 unspecified atom stereocenters. The van der Waals surface area contributed by atoms with E-state index in [0.717, 1.165) is 6.42 Å². The van der Waals surface area contributed by atoms with Crippen LogP contribution in [0.4, 0.5) is 5.69 Å². The second-order valence-electron chi connectivity index (χ2n) is 8.00. The molecule has 1 amide bonds. The predicted octanol–water partition coefficient (Wildman–Crippen LogP) is 6.15. The van der Waals surface area contributed by atoms with Gasteiger partial charge in [-0.15, -0.1) is 0 Å². The predicted molar refractivity (Wildman–Crippen MR) is 136 cm³/mol. The molecule has 1 aliphatic rings. The molecular weight excluding hydrogens is 466 g/mol. The van der Waals surface area contributed by atoms with Gasteiger partial charge in [-0.1, -0.05) is 54.9 Å². The lowest BCUT2D eigenvalue weighted by Crippen LogP contribution is -2.29. The van der Waals surface area contributed by atoms with Gasteiger partial charge in [0.05, 0.1) is 29.9 Å². The molecule has 1 fully saturated rings. The van der Waals surface area contributed by atoms with E-state index >= 15 is 0 Å². The summed E-state index contributed by atoms with van der Waals surface area (Å²) in [5.41, 5.74) is 1.33. The number of hydrogen-bond acceptors (Lipinski definition) is 5. The number of carbonyl (C=O) groups excluding carboxylic acids is 2. The van der Waals surface area contributed by atoms with Crippen molar-refractivity contribution in [2.75, 3.05) is 18.1 Å². The zero-order valence-electron chi connectivity index (χ0n) is 19.5. The van der Waals surface area contributed by atoms with Gasteiger partial charge in [-0.2, -0.15) is 0 Å². The molecule has 0 radical (unpaired) electrons. The number of aliphatic hydroxyl groups excluding tert-OH is 1. The summed E-state index contributed by atoms with van der Waals surface area (Å²) in [6, 6.07) is 20.1. The number of nitrogens with zero attached hydrogens (tertiary/aromatic N) is 1. The standard InChI is InChI=1S/C28H26ClNO5/c1-3-15-35-20-12-8-11-19(16-20)30-25(18-9-6-5-7-10-18)24(27(32)28(30)33)26(31)22-17-21(34-4-2)13-14-23(22)29/h5-14,16-17,25,31H,3-4,15H2,1-2H3/b26-24+. The first kappa shape index (κ1) is 24.4. The maximum absolute atomic E-state index is 13.4.